The molecule has 0 bridgehead atoms. The molecule has 0 saturated heterocycles. The summed E-state index contributed by atoms with van der Waals surface area (Å²) in [6.45, 7) is 3.55. The second-order valence-corrected chi connectivity index (χ2v) is 3.65. The third-order valence-electron chi connectivity index (χ3n) is 1.60. The lowest BCUT2D eigenvalue weighted by atomic mass is 10.2. The largest absolute Gasteiger partial charge is 0.491 e. The third-order valence-corrected chi connectivity index (χ3v) is 1.88. The molecule has 0 spiro atoms. The lowest BCUT2D eigenvalue weighted by Crippen LogP contribution is -2.08. The average Bonchev–Trinajstić information content (AvgIpc) is 2.09. The van der Waals surface area contributed by atoms with Crippen molar-refractivity contribution in [1.29, 1.82) is 0 Å². The number of ether oxygens (including phenoxy) is 1. The third kappa shape index (κ3) is 2.83. The zero-order valence-corrected chi connectivity index (χ0v) is 9.01. The topological polar surface area (TPSA) is 46.5 Å². The number of aromatic carboxylic acids is 1. The summed E-state index contributed by atoms with van der Waals surface area (Å²) in [4.78, 5) is 10.7. The molecule has 0 unspecified atom stereocenters. The number of carboxylic acids is 1. The van der Waals surface area contributed by atoms with Gasteiger partial charge in [-0.2, -0.15) is 0 Å². The standard InChI is InChI=1S/C10H10ClFO3/c1-5(2)15-6-3-7(10(13)14)9(12)8(11)4-6/h3-5H,1-2H3,(H,13,14). The first kappa shape index (κ1) is 11.8. The van der Waals surface area contributed by atoms with Gasteiger partial charge in [0.1, 0.15) is 11.3 Å². The van der Waals surface area contributed by atoms with E-state index in [1.807, 2.05) is 0 Å². The highest BCUT2D eigenvalue weighted by molar-refractivity contribution is 6.31. The van der Waals surface area contributed by atoms with Gasteiger partial charge < -0.3 is 9.84 Å². The van der Waals surface area contributed by atoms with Crippen LogP contribution in [-0.2, 0) is 0 Å². The van der Waals surface area contributed by atoms with Crippen molar-refractivity contribution in [3.8, 4) is 5.75 Å². The molecule has 0 heterocycles. The molecule has 0 atom stereocenters. The van der Waals surface area contributed by atoms with Gasteiger partial charge in [-0.3, -0.25) is 0 Å². The Morgan fingerprint density at radius 3 is 2.60 bits per heavy atom. The highest BCUT2D eigenvalue weighted by Gasteiger charge is 2.16. The van der Waals surface area contributed by atoms with Crippen molar-refractivity contribution in [2.45, 2.75) is 20.0 Å². The average molecular weight is 233 g/mol. The number of halogens is 2. The normalized spacial score (nSPS) is 10.5. The van der Waals surface area contributed by atoms with Gasteiger partial charge in [-0.1, -0.05) is 11.6 Å². The Balaban J connectivity index is 3.17. The molecule has 15 heavy (non-hydrogen) atoms. The summed E-state index contributed by atoms with van der Waals surface area (Å²) < 4.78 is 18.4. The lowest BCUT2D eigenvalue weighted by Gasteiger charge is -2.11. The van der Waals surface area contributed by atoms with Crippen LogP contribution in [0, 0.1) is 5.82 Å². The van der Waals surface area contributed by atoms with Gasteiger partial charge in [-0.25, -0.2) is 9.18 Å². The molecule has 0 fully saturated rings. The van der Waals surface area contributed by atoms with Crippen molar-refractivity contribution in [2.24, 2.45) is 0 Å². The molecule has 1 rings (SSSR count). The van der Waals surface area contributed by atoms with Crippen LogP contribution in [0.1, 0.15) is 24.2 Å². The first-order valence-corrected chi connectivity index (χ1v) is 4.68. The Bertz CT molecular complexity index is 390. The number of hydrogen-bond donors (Lipinski definition) is 1. The number of carbonyl (C=O) groups is 1. The molecule has 5 heteroatoms. The van der Waals surface area contributed by atoms with E-state index >= 15 is 0 Å². The summed E-state index contributed by atoms with van der Waals surface area (Å²) in [6, 6.07) is 2.37. The molecule has 0 radical (unpaired) electrons. The minimum absolute atomic E-state index is 0.131. The van der Waals surface area contributed by atoms with Crippen LogP contribution in [0.5, 0.6) is 5.75 Å². The molecule has 3 nitrogen and oxygen atoms in total. The molecule has 0 aliphatic rings. The highest BCUT2D eigenvalue weighted by atomic mass is 35.5. The second kappa shape index (κ2) is 4.49. The van der Waals surface area contributed by atoms with Gasteiger partial charge in [0.2, 0.25) is 0 Å². The number of benzene rings is 1. The van der Waals surface area contributed by atoms with Crippen molar-refractivity contribution in [1.82, 2.24) is 0 Å². The van der Waals surface area contributed by atoms with Gasteiger partial charge in [0.15, 0.2) is 5.82 Å². The molecule has 0 saturated carbocycles. The van der Waals surface area contributed by atoms with Crippen molar-refractivity contribution in [3.63, 3.8) is 0 Å². The predicted molar refractivity (Wildman–Crippen MR) is 54.1 cm³/mol. The van der Waals surface area contributed by atoms with Gasteiger partial charge in [0.05, 0.1) is 11.1 Å². The summed E-state index contributed by atoms with van der Waals surface area (Å²) >= 11 is 5.53. The molecule has 0 aliphatic carbocycles. The Morgan fingerprint density at radius 1 is 1.53 bits per heavy atom. The maximum atomic E-state index is 13.2. The Hall–Kier alpha value is -1.29. The van der Waals surface area contributed by atoms with Crippen LogP contribution < -0.4 is 4.74 Å². The molecular formula is C10H10ClFO3. The first-order valence-electron chi connectivity index (χ1n) is 4.30. The Morgan fingerprint density at radius 2 is 2.13 bits per heavy atom. The smallest absolute Gasteiger partial charge is 0.338 e. The molecule has 0 amide bonds. The fourth-order valence-corrected chi connectivity index (χ4v) is 1.27. The number of carboxylic acid groups (broad SMARTS) is 1. The van der Waals surface area contributed by atoms with Crippen LogP contribution >= 0.6 is 11.6 Å². The summed E-state index contributed by atoms with van der Waals surface area (Å²) in [6.07, 6.45) is -0.131. The van der Waals surface area contributed by atoms with Crippen LogP contribution in [-0.4, -0.2) is 17.2 Å². The maximum Gasteiger partial charge on any atom is 0.338 e. The molecule has 0 aromatic heterocycles. The van der Waals surface area contributed by atoms with E-state index in [1.54, 1.807) is 13.8 Å². The minimum Gasteiger partial charge on any atom is -0.491 e. The van der Waals surface area contributed by atoms with Crippen LogP contribution in [0.2, 0.25) is 5.02 Å². The zero-order chi connectivity index (χ0) is 11.6. The molecule has 0 aliphatic heterocycles. The van der Waals surface area contributed by atoms with Crippen LogP contribution in [0.15, 0.2) is 12.1 Å². The summed E-state index contributed by atoms with van der Waals surface area (Å²) in [5.41, 5.74) is -0.488. The first-order chi connectivity index (χ1) is 6.91. The summed E-state index contributed by atoms with van der Waals surface area (Å²) in [5.74, 6) is -2.07. The van der Waals surface area contributed by atoms with E-state index in [9.17, 15) is 9.18 Å². The van der Waals surface area contributed by atoms with Crippen molar-refractivity contribution in [3.05, 3.63) is 28.5 Å². The van der Waals surface area contributed by atoms with Gasteiger partial charge >= 0.3 is 5.97 Å². The number of hydrogen-bond acceptors (Lipinski definition) is 2. The quantitative estimate of drug-likeness (QED) is 0.872. The summed E-state index contributed by atoms with van der Waals surface area (Å²) in [7, 11) is 0. The number of rotatable bonds is 3. The monoisotopic (exact) mass is 232 g/mol. The van der Waals surface area contributed by atoms with Crippen LogP contribution in [0.3, 0.4) is 0 Å². The van der Waals surface area contributed by atoms with E-state index in [0.29, 0.717) is 0 Å². The molecule has 1 N–H and O–H groups in total. The predicted octanol–water partition coefficient (Wildman–Crippen LogP) is 2.96. The highest BCUT2D eigenvalue weighted by Crippen LogP contribution is 2.26. The summed E-state index contributed by atoms with van der Waals surface area (Å²) in [5, 5.41) is 8.44. The Labute approximate surface area is 91.4 Å². The van der Waals surface area contributed by atoms with Crippen molar-refractivity contribution >= 4 is 17.6 Å². The molecule has 82 valence electrons. The van der Waals surface area contributed by atoms with Crippen LogP contribution in [0.25, 0.3) is 0 Å². The van der Waals surface area contributed by atoms with E-state index in [0.717, 1.165) is 6.07 Å². The zero-order valence-electron chi connectivity index (χ0n) is 8.25. The molecular weight excluding hydrogens is 223 g/mol. The van der Waals surface area contributed by atoms with Crippen molar-refractivity contribution in [2.75, 3.05) is 0 Å². The van der Waals surface area contributed by atoms with Gasteiger partial charge in [-0.15, -0.1) is 0 Å². The van der Waals surface area contributed by atoms with E-state index in [1.165, 1.54) is 6.07 Å². The fourth-order valence-electron chi connectivity index (χ4n) is 1.06. The molecule has 1 aromatic rings. The minimum atomic E-state index is -1.37. The lowest BCUT2D eigenvalue weighted by molar-refractivity contribution is 0.0691. The van der Waals surface area contributed by atoms with Gasteiger partial charge in [0, 0.05) is 6.07 Å². The van der Waals surface area contributed by atoms with Gasteiger partial charge in [-0.05, 0) is 19.9 Å². The Kier molecular flexibility index (Phi) is 3.52. The maximum absolute atomic E-state index is 13.2. The van der Waals surface area contributed by atoms with E-state index in [2.05, 4.69) is 0 Å². The van der Waals surface area contributed by atoms with Crippen LogP contribution in [0.4, 0.5) is 4.39 Å². The fraction of sp³-hybridized carbons (Fsp3) is 0.300. The van der Waals surface area contributed by atoms with E-state index in [4.69, 9.17) is 21.4 Å². The van der Waals surface area contributed by atoms with E-state index < -0.39 is 17.3 Å². The second-order valence-electron chi connectivity index (χ2n) is 3.24. The SMILES string of the molecule is CC(C)Oc1cc(Cl)c(F)c(C(=O)O)c1. The molecule has 1 aromatic carbocycles. The van der Waals surface area contributed by atoms with Crippen molar-refractivity contribution < 1.29 is 19.0 Å². The van der Waals surface area contributed by atoms with Gasteiger partial charge in [0.25, 0.3) is 0 Å². The van der Waals surface area contributed by atoms with E-state index in [-0.39, 0.29) is 16.9 Å².